The zero-order valence-corrected chi connectivity index (χ0v) is 13.3. The van der Waals surface area contributed by atoms with Gasteiger partial charge in [-0.05, 0) is 80.5 Å². The summed E-state index contributed by atoms with van der Waals surface area (Å²) in [6, 6.07) is 0. The Bertz CT molecular complexity index is 453. The number of hydrogen-bond donors (Lipinski definition) is 1. The van der Waals surface area contributed by atoms with E-state index in [0.29, 0.717) is 11.3 Å². The Hall–Kier alpha value is -0.300. The van der Waals surface area contributed by atoms with E-state index in [1.54, 1.807) is 5.57 Å². The van der Waals surface area contributed by atoms with Crippen LogP contribution >= 0.6 is 0 Å². The lowest BCUT2D eigenvalue weighted by Gasteiger charge is -2.60. The molecule has 1 heteroatoms. The maximum Gasteiger partial charge on any atom is 0.0735 e. The van der Waals surface area contributed by atoms with Gasteiger partial charge in [0.2, 0.25) is 0 Å². The first-order valence-corrected chi connectivity index (χ1v) is 8.92. The summed E-state index contributed by atoms with van der Waals surface area (Å²) in [5.41, 5.74) is 2.01. The fraction of sp³-hybridized carbons (Fsp3) is 0.895. The van der Waals surface area contributed by atoms with Gasteiger partial charge >= 0.3 is 0 Å². The van der Waals surface area contributed by atoms with Gasteiger partial charge in [-0.3, -0.25) is 0 Å². The van der Waals surface area contributed by atoms with Gasteiger partial charge in [0.15, 0.2) is 0 Å². The Morgan fingerprint density at radius 2 is 1.85 bits per heavy atom. The smallest absolute Gasteiger partial charge is 0.0735 e. The number of aliphatic hydroxyl groups is 1. The molecule has 0 bridgehead atoms. The van der Waals surface area contributed by atoms with Crippen LogP contribution in [0.15, 0.2) is 11.6 Å². The van der Waals surface area contributed by atoms with E-state index >= 15 is 0 Å². The highest BCUT2D eigenvalue weighted by Gasteiger charge is 2.62. The third kappa shape index (κ3) is 1.48. The Kier molecular flexibility index (Phi) is 2.76. The van der Waals surface area contributed by atoms with E-state index in [1.807, 2.05) is 0 Å². The van der Waals surface area contributed by atoms with Crippen molar-refractivity contribution in [1.29, 1.82) is 0 Å². The molecule has 0 amide bonds. The molecular weight excluding hydrogens is 244 g/mol. The van der Waals surface area contributed by atoms with Crippen LogP contribution in [0.4, 0.5) is 0 Å². The standard InChI is InChI=1S/C19H30O/c1-17-10-5-12-19(17,20)16-8-7-14-6-3-4-11-18(14,2)15(16)9-13-17/h7,15-16,20H,3-6,8-13H2,1-2H3/t15-,16+,17-,18-,19-/m0/s1. The number of hydrogen-bond acceptors (Lipinski definition) is 1. The zero-order chi connectivity index (χ0) is 14.0. The summed E-state index contributed by atoms with van der Waals surface area (Å²) in [4.78, 5) is 0. The average Bonchev–Trinajstić information content (AvgIpc) is 2.74. The van der Waals surface area contributed by atoms with Crippen molar-refractivity contribution >= 4 is 0 Å². The van der Waals surface area contributed by atoms with Gasteiger partial charge in [0.05, 0.1) is 5.60 Å². The largest absolute Gasteiger partial charge is 0.389 e. The molecule has 0 spiro atoms. The second-order valence-corrected chi connectivity index (χ2v) is 8.68. The van der Waals surface area contributed by atoms with E-state index in [9.17, 15) is 5.11 Å². The highest BCUT2D eigenvalue weighted by molar-refractivity contribution is 5.26. The first-order valence-electron chi connectivity index (χ1n) is 8.92. The highest BCUT2D eigenvalue weighted by Crippen LogP contribution is 2.66. The lowest BCUT2D eigenvalue weighted by molar-refractivity contribution is -0.167. The Morgan fingerprint density at radius 3 is 2.70 bits per heavy atom. The van der Waals surface area contributed by atoms with Crippen LogP contribution in [0.25, 0.3) is 0 Å². The van der Waals surface area contributed by atoms with Crippen LogP contribution in [-0.4, -0.2) is 10.7 Å². The van der Waals surface area contributed by atoms with Gasteiger partial charge in [-0.25, -0.2) is 0 Å². The normalized spacial score (nSPS) is 54.6. The molecule has 3 saturated carbocycles. The van der Waals surface area contributed by atoms with Crippen molar-refractivity contribution in [3.63, 3.8) is 0 Å². The second-order valence-electron chi connectivity index (χ2n) is 8.68. The van der Waals surface area contributed by atoms with E-state index in [-0.39, 0.29) is 11.0 Å². The topological polar surface area (TPSA) is 20.2 Å². The van der Waals surface area contributed by atoms with Crippen molar-refractivity contribution in [3.05, 3.63) is 11.6 Å². The monoisotopic (exact) mass is 274 g/mol. The van der Waals surface area contributed by atoms with E-state index < -0.39 is 0 Å². The number of allylic oxidation sites excluding steroid dienone is 2. The molecule has 20 heavy (non-hydrogen) atoms. The molecule has 5 atom stereocenters. The SMILES string of the molecule is C[C@@]12CCC[C@]1(O)[C@@H]1CC=C3CCCC[C@]3(C)[C@H]1CC2. The summed E-state index contributed by atoms with van der Waals surface area (Å²) < 4.78 is 0. The van der Waals surface area contributed by atoms with E-state index in [1.165, 1.54) is 51.4 Å². The van der Waals surface area contributed by atoms with Crippen LogP contribution in [0.1, 0.15) is 78.1 Å². The van der Waals surface area contributed by atoms with Crippen LogP contribution in [0.3, 0.4) is 0 Å². The summed E-state index contributed by atoms with van der Waals surface area (Å²) in [6.45, 7) is 4.90. The maximum absolute atomic E-state index is 11.5. The van der Waals surface area contributed by atoms with Gasteiger partial charge in [-0.2, -0.15) is 0 Å². The summed E-state index contributed by atoms with van der Waals surface area (Å²) in [5, 5.41) is 11.5. The van der Waals surface area contributed by atoms with Crippen LogP contribution in [0, 0.1) is 22.7 Å². The first kappa shape index (κ1) is 13.4. The number of fused-ring (bicyclic) bond motifs is 5. The van der Waals surface area contributed by atoms with Gasteiger partial charge in [0, 0.05) is 0 Å². The molecule has 0 aromatic carbocycles. The molecule has 1 nitrogen and oxygen atoms in total. The third-order valence-corrected chi connectivity index (χ3v) is 8.00. The van der Waals surface area contributed by atoms with Crippen LogP contribution in [0.2, 0.25) is 0 Å². The molecule has 3 fully saturated rings. The average molecular weight is 274 g/mol. The Labute approximate surface area is 123 Å². The molecule has 0 saturated heterocycles. The third-order valence-electron chi connectivity index (χ3n) is 8.00. The van der Waals surface area contributed by atoms with Crippen molar-refractivity contribution in [3.8, 4) is 0 Å². The molecule has 0 heterocycles. The van der Waals surface area contributed by atoms with Gasteiger partial charge < -0.3 is 5.11 Å². The van der Waals surface area contributed by atoms with Gasteiger partial charge in [0.25, 0.3) is 0 Å². The lowest BCUT2D eigenvalue weighted by Crippen LogP contribution is -2.58. The minimum Gasteiger partial charge on any atom is -0.389 e. The van der Waals surface area contributed by atoms with E-state index in [4.69, 9.17) is 0 Å². The minimum atomic E-state index is -0.363. The Balaban J connectivity index is 1.75. The molecule has 4 aliphatic rings. The summed E-state index contributed by atoms with van der Waals surface area (Å²) in [7, 11) is 0. The van der Waals surface area contributed by atoms with E-state index in [2.05, 4.69) is 19.9 Å². The summed E-state index contributed by atoms with van der Waals surface area (Å²) in [5.74, 6) is 1.29. The number of rotatable bonds is 0. The molecular formula is C19H30O. The predicted molar refractivity (Wildman–Crippen MR) is 82.4 cm³/mol. The molecule has 112 valence electrons. The molecule has 0 aliphatic heterocycles. The van der Waals surface area contributed by atoms with Crippen molar-refractivity contribution in [2.75, 3.05) is 0 Å². The molecule has 0 radical (unpaired) electrons. The van der Waals surface area contributed by atoms with Crippen LogP contribution in [0.5, 0.6) is 0 Å². The summed E-state index contributed by atoms with van der Waals surface area (Å²) in [6.07, 6.45) is 15.3. The maximum atomic E-state index is 11.5. The van der Waals surface area contributed by atoms with Crippen molar-refractivity contribution in [2.24, 2.45) is 22.7 Å². The quantitative estimate of drug-likeness (QED) is 0.626. The van der Waals surface area contributed by atoms with Crippen molar-refractivity contribution in [1.82, 2.24) is 0 Å². The molecule has 0 aromatic heterocycles. The summed E-state index contributed by atoms with van der Waals surface area (Å²) >= 11 is 0. The fourth-order valence-electron chi connectivity index (χ4n) is 6.65. The molecule has 4 rings (SSSR count). The molecule has 0 unspecified atom stereocenters. The van der Waals surface area contributed by atoms with Gasteiger partial charge in [-0.1, -0.05) is 31.9 Å². The van der Waals surface area contributed by atoms with Crippen molar-refractivity contribution in [2.45, 2.75) is 83.7 Å². The first-order chi connectivity index (χ1) is 9.50. The molecule has 4 aliphatic carbocycles. The zero-order valence-electron chi connectivity index (χ0n) is 13.3. The lowest BCUT2D eigenvalue weighted by atomic mass is 9.47. The van der Waals surface area contributed by atoms with Crippen LogP contribution in [-0.2, 0) is 0 Å². The predicted octanol–water partition coefficient (Wildman–Crippen LogP) is 4.84. The fourth-order valence-corrected chi connectivity index (χ4v) is 6.65. The molecule has 1 N–H and O–H groups in total. The van der Waals surface area contributed by atoms with Crippen LogP contribution < -0.4 is 0 Å². The second kappa shape index (κ2) is 4.12. The van der Waals surface area contributed by atoms with Gasteiger partial charge in [-0.15, -0.1) is 0 Å². The molecule has 0 aromatic rings. The van der Waals surface area contributed by atoms with Gasteiger partial charge in [0.1, 0.15) is 0 Å². The Morgan fingerprint density at radius 1 is 1.00 bits per heavy atom. The van der Waals surface area contributed by atoms with Crippen molar-refractivity contribution < 1.29 is 5.11 Å². The minimum absolute atomic E-state index is 0.213. The van der Waals surface area contributed by atoms with E-state index in [0.717, 1.165) is 18.8 Å². The highest BCUT2D eigenvalue weighted by atomic mass is 16.3.